The molecule has 4 nitrogen and oxygen atoms in total. The lowest BCUT2D eigenvalue weighted by Gasteiger charge is -2.33. The molecule has 0 N–H and O–H groups in total. The molecular weight excluding hydrogens is 357 g/mol. The molecule has 1 aromatic carbocycles. The average Bonchev–Trinajstić information content (AvgIpc) is 3.20. The van der Waals surface area contributed by atoms with Crippen LogP contribution in [0, 0.1) is 5.92 Å². The number of piperidine rings is 1. The normalized spacial score (nSPS) is 20.8. The van der Waals surface area contributed by atoms with Crippen molar-refractivity contribution in [2.24, 2.45) is 5.92 Å². The molecule has 0 bridgehead atoms. The van der Waals surface area contributed by atoms with E-state index in [9.17, 15) is 22.8 Å². The van der Waals surface area contributed by atoms with Crippen LogP contribution >= 0.6 is 0 Å². The van der Waals surface area contributed by atoms with Crippen LogP contribution in [-0.2, 0) is 11.0 Å². The van der Waals surface area contributed by atoms with Crippen LogP contribution in [0.5, 0.6) is 0 Å². The summed E-state index contributed by atoms with van der Waals surface area (Å²) < 4.78 is 38.6. The summed E-state index contributed by atoms with van der Waals surface area (Å²) in [4.78, 5) is 28.4. The Bertz CT molecular complexity index is 684. The number of benzene rings is 1. The fraction of sp³-hybridized carbons (Fsp3) is 0.600. The summed E-state index contributed by atoms with van der Waals surface area (Å²) in [6, 6.07) is 4.59. The summed E-state index contributed by atoms with van der Waals surface area (Å²) in [7, 11) is 0. The summed E-state index contributed by atoms with van der Waals surface area (Å²) in [6.45, 7) is 2.72. The Morgan fingerprint density at radius 2 is 1.74 bits per heavy atom. The molecule has 0 spiro atoms. The Morgan fingerprint density at radius 1 is 1.04 bits per heavy atom. The second-order valence-corrected chi connectivity index (χ2v) is 7.46. The Labute approximate surface area is 157 Å². The van der Waals surface area contributed by atoms with Gasteiger partial charge in [-0.25, -0.2) is 0 Å². The monoisotopic (exact) mass is 382 g/mol. The maximum atomic E-state index is 12.9. The highest BCUT2D eigenvalue weighted by molar-refractivity contribution is 5.94. The molecule has 0 aromatic heterocycles. The molecule has 0 aliphatic carbocycles. The minimum absolute atomic E-state index is 0.0682. The summed E-state index contributed by atoms with van der Waals surface area (Å²) in [5, 5.41) is 0. The van der Waals surface area contributed by atoms with Crippen molar-refractivity contribution < 1.29 is 22.8 Å². The van der Waals surface area contributed by atoms with Crippen molar-refractivity contribution in [3.05, 3.63) is 35.4 Å². The van der Waals surface area contributed by atoms with Crippen LogP contribution < -0.4 is 0 Å². The van der Waals surface area contributed by atoms with Crippen molar-refractivity contribution in [2.75, 3.05) is 26.2 Å². The molecule has 1 atom stereocenters. The van der Waals surface area contributed by atoms with Crippen LogP contribution in [0.25, 0.3) is 0 Å². The van der Waals surface area contributed by atoms with E-state index in [0.29, 0.717) is 19.5 Å². The average molecular weight is 382 g/mol. The van der Waals surface area contributed by atoms with Crippen molar-refractivity contribution in [1.29, 1.82) is 0 Å². The van der Waals surface area contributed by atoms with Gasteiger partial charge in [-0.15, -0.1) is 0 Å². The summed E-state index contributed by atoms with van der Waals surface area (Å²) in [5.74, 6) is 0.0329. The number of rotatable bonds is 4. The topological polar surface area (TPSA) is 40.6 Å². The van der Waals surface area contributed by atoms with Gasteiger partial charge in [-0.1, -0.05) is 6.07 Å². The zero-order chi connectivity index (χ0) is 19.4. The SMILES string of the molecule is O=C(CC[C@@H]1CCCN(C(=O)c2cccc(C(F)(F)F)c2)C1)N1CCCC1. The fourth-order valence-electron chi connectivity index (χ4n) is 3.95. The van der Waals surface area contributed by atoms with Gasteiger partial charge in [-0.05, 0) is 56.2 Å². The first kappa shape index (κ1) is 19.7. The van der Waals surface area contributed by atoms with E-state index >= 15 is 0 Å². The highest BCUT2D eigenvalue weighted by Gasteiger charge is 2.32. The van der Waals surface area contributed by atoms with Crippen LogP contribution in [0.3, 0.4) is 0 Å². The minimum atomic E-state index is -4.46. The largest absolute Gasteiger partial charge is 0.416 e. The molecule has 2 fully saturated rings. The molecule has 148 valence electrons. The van der Waals surface area contributed by atoms with E-state index in [1.165, 1.54) is 12.1 Å². The number of nitrogens with zero attached hydrogens (tertiary/aromatic N) is 2. The number of alkyl halides is 3. The lowest BCUT2D eigenvalue weighted by molar-refractivity contribution is -0.137. The molecule has 27 heavy (non-hydrogen) atoms. The first-order chi connectivity index (χ1) is 12.8. The zero-order valence-electron chi connectivity index (χ0n) is 15.3. The van der Waals surface area contributed by atoms with Gasteiger partial charge in [0.05, 0.1) is 5.56 Å². The minimum Gasteiger partial charge on any atom is -0.343 e. The standard InChI is InChI=1S/C20H25F3N2O2/c21-20(22,23)17-7-3-6-16(13-17)19(27)25-12-4-5-15(14-25)8-9-18(26)24-10-1-2-11-24/h3,6-7,13,15H,1-2,4-5,8-12,14H2/t15-/m0/s1. The van der Waals surface area contributed by atoms with Crippen LogP contribution in [0.4, 0.5) is 13.2 Å². The second-order valence-electron chi connectivity index (χ2n) is 7.46. The van der Waals surface area contributed by atoms with Crippen molar-refractivity contribution in [3.63, 3.8) is 0 Å². The Kier molecular flexibility index (Phi) is 6.07. The third-order valence-corrected chi connectivity index (χ3v) is 5.47. The number of carbonyl (C=O) groups is 2. The van der Waals surface area contributed by atoms with Crippen LogP contribution in [0.1, 0.15) is 54.4 Å². The second kappa shape index (κ2) is 8.31. The summed E-state index contributed by atoms with van der Waals surface area (Å²) >= 11 is 0. The Hall–Kier alpha value is -2.05. The predicted molar refractivity (Wildman–Crippen MR) is 95.1 cm³/mol. The molecule has 0 unspecified atom stereocenters. The van der Waals surface area contributed by atoms with Gasteiger partial charge < -0.3 is 9.80 Å². The molecule has 0 saturated carbocycles. The highest BCUT2D eigenvalue weighted by atomic mass is 19.4. The Morgan fingerprint density at radius 3 is 2.44 bits per heavy atom. The molecule has 2 amide bonds. The van der Waals surface area contributed by atoms with E-state index in [-0.39, 0.29) is 23.3 Å². The predicted octanol–water partition coefficient (Wildman–Crippen LogP) is 3.96. The smallest absolute Gasteiger partial charge is 0.343 e. The number of hydrogen-bond donors (Lipinski definition) is 0. The Balaban J connectivity index is 1.57. The van der Waals surface area contributed by atoms with E-state index in [4.69, 9.17) is 0 Å². The first-order valence-electron chi connectivity index (χ1n) is 9.59. The first-order valence-corrected chi connectivity index (χ1v) is 9.59. The van der Waals surface area contributed by atoms with Crippen molar-refractivity contribution in [3.8, 4) is 0 Å². The molecular formula is C20H25F3N2O2. The molecule has 0 radical (unpaired) electrons. The van der Waals surface area contributed by atoms with Crippen LogP contribution in [0.2, 0.25) is 0 Å². The van der Waals surface area contributed by atoms with Crippen LogP contribution in [0.15, 0.2) is 24.3 Å². The third-order valence-electron chi connectivity index (χ3n) is 5.47. The van der Waals surface area contributed by atoms with E-state index in [1.807, 2.05) is 4.90 Å². The zero-order valence-corrected chi connectivity index (χ0v) is 15.3. The summed E-state index contributed by atoms with van der Waals surface area (Å²) in [6.07, 6.45) is 0.629. The fourth-order valence-corrected chi connectivity index (χ4v) is 3.95. The van der Waals surface area contributed by atoms with Crippen molar-refractivity contribution in [1.82, 2.24) is 9.80 Å². The number of likely N-dealkylation sites (tertiary alicyclic amines) is 2. The molecule has 2 aliphatic rings. The van der Waals surface area contributed by atoms with E-state index in [2.05, 4.69) is 0 Å². The maximum Gasteiger partial charge on any atom is 0.416 e. The van der Waals surface area contributed by atoms with Gasteiger partial charge >= 0.3 is 6.18 Å². The van der Waals surface area contributed by atoms with E-state index in [1.54, 1.807) is 4.90 Å². The molecule has 2 heterocycles. The van der Waals surface area contributed by atoms with Gasteiger partial charge in [0, 0.05) is 38.2 Å². The van der Waals surface area contributed by atoms with E-state index < -0.39 is 11.7 Å². The maximum absolute atomic E-state index is 12.9. The van der Waals surface area contributed by atoms with Gasteiger partial charge in [0.1, 0.15) is 0 Å². The number of carbonyl (C=O) groups excluding carboxylic acids is 2. The van der Waals surface area contributed by atoms with Crippen LogP contribution in [-0.4, -0.2) is 47.8 Å². The summed E-state index contributed by atoms with van der Waals surface area (Å²) in [5.41, 5.74) is -0.739. The lowest BCUT2D eigenvalue weighted by atomic mass is 9.92. The molecule has 1 aromatic rings. The van der Waals surface area contributed by atoms with Crippen molar-refractivity contribution >= 4 is 11.8 Å². The lowest BCUT2D eigenvalue weighted by Crippen LogP contribution is -2.40. The van der Waals surface area contributed by atoms with E-state index in [0.717, 1.165) is 57.3 Å². The number of halogens is 3. The van der Waals surface area contributed by atoms with Gasteiger partial charge in [-0.3, -0.25) is 9.59 Å². The van der Waals surface area contributed by atoms with Gasteiger partial charge in [0.15, 0.2) is 0 Å². The van der Waals surface area contributed by atoms with Gasteiger partial charge in [-0.2, -0.15) is 13.2 Å². The highest BCUT2D eigenvalue weighted by Crippen LogP contribution is 2.30. The molecule has 3 rings (SSSR count). The van der Waals surface area contributed by atoms with Crippen molar-refractivity contribution in [2.45, 2.75) is 44.7 Å². The molecule has 2 saturated heterocycles. The number of hydrogen-bond acceptors (Lipinski definition) is 2. The van der Waals surface area contributed by atoms with Gasteiger partial charge in [0.2, 0.25) is 5.91 Å². The third kappa shape index (κ3) is 5.02. The van der Waals surface area contributed by atoms with Gasteiger partial charge in [0.25, 0.3) is 5.91 Å². The molecule has 7 heteroatoms. The molecule has 2 aliphatic heterocycles. The number of amides is 2. The quantitative estimate of drug-likeness (QED) is 0.791.